The summed E-state index contributed by atoms with van der Waals surface area (Å²) in [5.41, 5.74) is 0. The van der Waals surface area contributed by atoms with Gasteiger partial charge < -0.3 is 15.3 Å². The fraction of sp³-hybridized carbons (Fsp3) is 0.800. The second kappa shape index (κ2) is 12.9. The molecule has 0 aromatic rings. The first-order chi connectivity index (χ1) is 7.15. The monoisotopic (exact) mass is 218 g/mol. The van der Waals surface area contributed by atoms with Crippen LogP contribution in [-0.4, -0.2) is 48.6 Å². The Bertz CT molecular complexity index is 147. The van der Waals surface area contributed by atoms with Crippen LogP contribution in [0.3, 0.4) is 0 Å². The van der Waals surface area contributed by atoms with Crippen molar-refractivity contribution < 1.29 is 14.7 Å². The molecule has 0 aromatic carbocycles. The summed E-state index contributed by atoms with van der Waals surface area (Å²) in [6.45, 7) is 10.8. The maximum absolute atomic E-state index is 9.79. The molecule has 1 amide bonds. The number of carboxylic acid groups (broad SMARTS) is 1. The molecular formula is C10H22N2O3. The van der Waals surface area contributed by atoms with Crippen molar-refractivity contribution in [2.75, 3.05) is 26.2 Å². The van der Waals surface area contributed by atoms with Crippen LogP contribution in [0.25, 0.3) is 0 Å². The van der Waals surface area contributed by atoms with Gasteiger partial charge in [0.1, 0.15) is 0 Å². The fourth-order valence-electron chi connectivity index (χ4n) is 0.898. The van der Waals surface area contributed by atoms with Gasteiger partial charge in [0, 0.05) is 13.0 Å². The number of β-lactam (4-membered cyclic amide) rings is 1. The van der Waals surface area contributed by atoms with Crippen LogP contribution in [0.15, 0.2) is 0 Å². The molecule has 0 saturated carbocycles. The fourth-order valence-corrected chi connectivity index (χ4v) is 0.898. The van der Waals surface area contributed by atoms with Crippen molar-refractivity contribution in [3.63, 3.8) is 0 Å². The van der Waals surface area contributed by atoms with Gasteiger partial charge in [0.05, 0.1) is 0 Å². The Labute approximate surface area is 91.5 Å². The number of nitrogens with one attached hydrogen (secondary N) is 1. The minimum absolute atomic E-state index is 0.185. The van der Waals surface area contributed by atoms with Gasteiger partial charge in [0.2, 0.25) is 5.91 Å². The van der Waals surface area contributed by atoms with E-state index in [0.717, 1.165) is 13.0 Å². The summed E-state index contributed by atoms with van der Waals surface area (Å²) in [6, 6.07) is 0. The van der Waals surface area contributed by atoms with Gasteiger partial charge in [0.25, 0.3) is 6.47 Å². The van der Waals surface area contributed by atoms with Crippen molar-refractivity contribution in [1.82, 2.24) is 10.2 Å². The van der Waals surface area contributed by atoms with E-state index < -0.39 is 0 Å². The Hall–Kier alpha value is -1.10. The Morgan fingerprint density at radius 2 is 1.60 bits per heavy atom. The molecule has 0 aromatic heterocycles. The summed E-state index contributed by atoms with van der Waals surface area (Å²) >= 11 is 0. The maximum atomic E-state index is 9.79. The molecule has 5 nitrogen and oxygen atoms in total. The number of hydrogen-bond donors (Lipinski definition) is 2. The van der Waals surface area contributed by atoms with Crippen LogP contribution in [0.2, 0.25) is 0 Å². The van der Waals surface area contributed by atoms with Gasteiger partial charge in [-0.15, -0.1) is 0 Å². The van der Waals surface area contributed by atoms with Crippen LogP contribution in [0.5, 0.6) is 0 Å². The standard InChI is InChI=1S/C6H15N.C3H5NO.CH2O2/c1-4-7(5-2)6-3;5-3-1-2-4-3;2-1-3/h4-6H2,1-3H3;1-2H2,(H,4,5);1H,(H,2,3). The van der Waals surface area contributed by atoms with E-state index in [9.17, 15) is 4.79 Å². The van der Waals surface area contributed by atoms with Gasteiger partial charge >= 0.3 is 0 Å². The molecule has 90 valence electrons. The molecule has 0 aliphatic carbocycles. The highest BCUT2D eigenvalue weighted by Gasteiger charge is 2.07. The molecule has 2 N–H and O–H groups in total. The van der Waals surface area contributed by atoms with Crippen molar-refractivity contribution >= 4 is 12.4 Å². The summed E-state index contributed by atoms with van der Waals surface area (Å²) < 4.78 is 0. The quantitative estimate of drug-likeness (QED) is 0.536. The van der Waals surface area contributed by atoms with Crippen LogP contribution >= 0.6 is 0 Å². The highest BCUT2D eigenvalue weighted by Crippen LogP contribution is 1.85. The SMILES string of the molecule is CCN(CC)CC.O=C1CCN1.O=CO. The molecule has 1 aliphatic heterocycles. The first-order valence-electron chi connectivity index (χ1n) is 5.23. The number of rotatable bonds is 3. The highest BCUT2D eigenvalue weighted by molar-refractivity contribution is 5.81. The van der Waals surface area contributed by atoms with Crippen LogP contribution in [0.4, 0.5) is 0 Å². The third kappa shape index (κ3) is 12.9. The molecule has 1 saturated heterocycles. The van der Waals surface area contributed by atoms with E-state index in [1.165, 1.54) is 19.6 Å². The number of nitrogens with zero attached hydrogens (tertiary/aromatic N) is 1. The molecule has 1 aliphatic rings. The van der Waals surface area contributed by atoms with Crippen molar-refractivity contribution in [2.45, 2.75) is 27.2 Å². The summed E-state index contributed by atoms with van der Waals surface area (Å²) in [5, 5.41) is 9.46. The zero-order chi connectivity index (χ0) is 12.1. The Morgan fingerprint density at radius 3 is 1.60 bits per heavy atom. The Kier molecular flexibility index (Phi) is 14.0. The summed E-state index contributed by atoms with van der Waals surface area (Å²) in [4.78, 5) is 20.5. The summed E-state index contributed by atoms with van der Waals surface area (Å²) in [5.74, 6) is 0.185. The zero-order valence-corrected chi connectivity index (χ0v) is 9.82. The van der Waals surface area contributed by atoms with Gasteiger partial charge in [-0.05, 0) is 19.6 Å². The lowest BCUT2D eigenvalue weighted by atomic mass is 10.3. The molecule has 1 heterocycles. The van der Waals surface area contributed by atoms with Crippen molar-refractivity contribution in [1.29, 1.82) is 0 Å². The summed E-state index contributed by atoms with van der Waals surface area (Å²) in [6.07, 6.45) is 0.736. The van der Waals surface area contributed by atoms with E-state index in [4.69, 9.17) is 9.90 Å². The lowest BCUT2D eigenvalue weighted by molar-refractivity contribution is -0.125. The Morgan fingerprint density at radius 1 is 1.33 bits per heavy atom. The maximum Gasteiger partial charge on any atom is 0.290 e. The van der Waals surface area contributed by atoms with Crippen LogP contribution in [0.1, 0.15) is 27.2 Å². The molecule has 0 atom stereocenters. The van der Waals surface area contributed by atoms with E-state index in [2.05, 4.69) is 31.0 Å². The lowest BCUT2D eigenvalue weighted by Crippen LogP contribution is -2.37. The minimum Gasteiger partial charge on any atom is -0.483 e. The zero-order valence-electron chi connectivity index (χ0n) is 9.82. The predicted molar refractivity (Wildman–Crippen MR) is 59.8 cm³/mol. The molecule has 0 radical (unpaired) electrons. The highest BCUT2D eigenvalue weighted by atomic mass is 16.3. The first kappa shape index (κ1) is 16.3. The van der Waals surface area contributed by atoms with Crippen LogP contribution in [0, 0.1) is 0 Å². The second-order valence-electron chi connectivity index (χ2n) is 2.82. The van der Waals surface area contributed by atoms with Crippen LogP contribution in [-0.2, 0) is 9.59 Å². The molecule has 0 unspecified atom stereocenters. The van der Waals surface area contributed by atoms with Gasteiger partial charge in [-0.2, -0.15) is 0 Å². The number of carbonyl (C=O) groups excluding carboxylic acids is 1. The third-order valence-electron chi connectivity index (χ3n) is 2.02. The third-order valence-corrected chi connectivity index (χ3v) is 2.02. The normalized spacial score (nSPS) is 12.4. The van der Waals surface area contributed by atoms with Crippen LogP contribution < -0.4 is 5.32 Å². The molecular weight excluding hydrogens is 196 g/mol. The van der Waals surface area contributed by atoms with E-state index in [1.807, 2.05) is 0 Å². The van der Waals surface area contributed by atoms with E-state index in [1.54, 1.807) is 0 Å². The lowest BCUT2D eigenvalue weighted by Gasteiger charge is -2.13. The number of carbonyl (C=O) groups is 2. The molecule has 0 bridgehead atoms. The molecule has 5 heteroatoms. The van der Waals surface area contributed by atoms with E-state index in [0.29, 0.717) is 0 Å². The number of amides is 1. The minimum atomic E-state index is -0.250. The predicted octanol–water partition coefficient (Wildman–Crippen LogP) is 0.555. The first-order valence-corrected chi connectivity index (χ1v) is 5.23. The van der Waals surface area contributed by atoms with Gasteiger partial charge in [-0.1, -0.05) is 20.8 Å². The van der Waals surface area contributed by atoms with E-state index >= 15 is 0 Å². The topological polar surface area (TPSA) is 69.6 Å². The molecule has 1 rings (SSSR count). The molecule has 15 heavy (non-hydrogen) atoms. The average molecular weight is 218 g/mol. The van der Waals surface area contributed by atoms with Crippen molar-refractivity contribution in [3.05, 3.63) is 0 Å². The van der Waals surface area contributed by atoms with Crippen molar-refractivity contribution in [2.24, 2.45) is 0 Å². The smallest absolute Gasteiger partial charge is 0.290 e. The largest absolute Gasteiger partial charge is 0.483 e. The van der Waals surface area contributed by atoms with E-state index in [-0.39, 0.29) is 12.4 Å². The second-order valence-corrected chi connectivity index (χ2v) is 2.82. The van der Waals surface area contributed by atoms with Gasteiger partial charge in [-0.3, -0.25) is 9.59 Å². The summed E-state index contributed by atoms with van der Waals surface area (Å²) in [7, 11) is 0. The van der Waals surface area contributed by atoms with Gasteiger partial charge in [-0.25, -0.2) is 0 Å². The average Bonchev–Trinajstić information content (AvgIpc) is 2.20. The Balaban J connectivity index is 0. The van der Waals surface area contributed by atoms with Gasteiger partial charge in [0.15, 0.2) is 0 Å². The molecule has 0 spiro atoms. The molecule has 1 fully saturated rings. The number of hydrogen-bond acceptors (Lipinski definition) is 3. The van der Waals surface area contributed by atoms with Crippen molar-refractivity contribution in [3.8, 4) is 0 Å².